The Morgan fingerprint density at radius 2 is 1.62 bits per heavy atom. The van der Waals surface area contributed by atoms with E-state index in [1.165, 1.54) is 36.1 Å². The number of phenols is 1. The number of phenolic OH excluding ortho intramolecular Hbond substituents is 1. The van der Waals surface area contributed by atoms with Gasteiger partial charge < -0.3 is 40.4 Å². The molecular weight excluding hydrogens is 841 g/mol. The number of rotatable bonds is 17. The molecule has 1 amide bonds. The molecule has 0 aliphatic carbocycles. The van der Waals surface area contributed by atoms with Crippen LogP contribution in [-0.2, 0) is 34.8 Å². The summed E-state index contributed by atoms with van der Waals surface area (Å²) in [6.45, 7) is 3.75. The number of aromatic nitrogens is 1. The molecule has 8 rings (SSSR count). The lowest BCUT2D eigenvalue weighted by molar-refractivity contribution is -0.164. The van der Waals surface area contributed by atoms with Gasteiger partial charge in [-0.15, -0.1) is 11.3 Å². The number of nitrogens with zero attached hydrogens (tertiary/aromatic N) is 1. The quantitative estimate of drug-likeness (QED) is 0.0506. The van der Waals surface area contributed by atoms with Crippen LogP contribution in [0.2, 0.25) is 0 Å². The standard InChI is InChI=1S/C52H52N4O8S/c1-63-46-28-37(15-16-38(46)29-53-31-45(58)42-18-20-44(57)49-43(42)19-22-48(59)55-49)50(60)54-30-41-17-21-47(65-41)36-11-8-14-40(27-36)52(62,39-12-6-3-7-13-39)51(61)64-33-35-23-25-56(26-24-35)32-34-9-4-2-5-10-34/h2-22,27-28,35,45,53,57-58,62H,23-26,29-33H2,1H3,(H,54,60)(H,55,59)/t45-,52?/m0/s1. The van der Waals surface area contributed by atoms with Crippen molar-refractivity contribution < 1.29 is 34.4 Å². The highest BCUT2D eigenvalue weighted by atomic mass is 32.1. The Balaban J connectivity index is 0.871. The average molecular weight is 893 g/mol. The number of pyridine rings is 1. The average Bonchev–Trinajstić information content (AvgIpc) is 3.83. The van der Waals surface area contributed by atoms with E-state index in [1.807, 2.05) is 42.5 Å². The number of amides is 1. The van der Waals surface area contributed by atoms with Crippen LogP contribution in [-0.4, -0.2) is 70.4 Å². The van der Waals surface area contributed by atoms with E-state index < -0.39 is 17.7 Å². The summed E-state index contributed by atoms with van der Waals surface area (Å²) in [5.74, 6) is -0.359. The highest BCUT2D eigenvalue weighted by molar-refractivity contribution is 7.15. The van der Waals surface area contributed by atoms with Crippen LogP contribution in [0.1, 0.15) is 62.0 Å². The summed E-state index contributed by atoms with van der Waals surface area (Å²) >= 11 is 1.50. The maximum Gasteiger partial charge on any atom is 0.347 e. The number of hydrogen-bond donors (Lipinski definition) is 6. The van der Waals surface area contributed by atoms with Gasteiger partial charge in [-0.3, -0.25) is 14.5 Å². The lowest BCUT2D eigenvalue weighted by Crippen LogP contribution is -2.40. The van der Waals surface area contributed by atoms with Gasteiger partial charge in [0.25, 0.3) is 5.91 Å². The minimum atomic E-state index is -2.03. The Hall–Kier alpha value is -6.61. The van der Waals surface area contributed by atoms with E-state index in [0.717, 1.165) is 53.4 Å². The number of nitrogens with one attached hydrogen (secondary N) is 3. The highest BCUT2D eigenvalue weighted by Gasteiger charge is 2.42. The second kappa shape index (κ2) is 20.5. The maximum absolute atomic E-state index is 14.0. The van der Waals surface area contributed by atoms with E-state index in [9.17, 15) is 29.7 Å². The fraction of sp³-hybridized carbons (Fsp3) is 0.250. The molecule has 5 aromatic carbocycles. The van der Waals surface area contributed by atoms with E-state index in [-0.39, 0.29) is 48.3 Å². The smallest absolute Gasteiger partial charge is 0.347 e. The monoisotopic (exact) mass is 892 g/mol. The zero-order chi connectivity index (χ0) is 45.3. The van der Waals surface area contributed by atoms with E-state index >= 15 is 0 Å². The molecule has 1 aliphatic rings. The van der Waals surface area contributed by atoms with E-state index in [0.29, 0.717) is 39.9 Å². The first kappa shape index (κ1) is 45.0. The zero-order valence-corrected chi connectivity index (χ0v) is 36.9. The third-order valence-corrected chi connectivity index (χ3v) is 13.1. The third kappa shape index (κ3) is 10.5. The summed E-state index contributed by atoms with van der Waals surface area (Å²) < 4.78 is 11.6. The van der Waals surface area contributed by atoms with Crippen LogP contribution in [0.25, 0.3) is 21.3 Å². The summed E-state index contributed by atoms with van der Waals surface area (Å²) in [6, 6.07) is 41.7. The van der Waals surface area contributed by atoms with Gasteiger partial charge in [0.2, 0.25) is 11.2 Å². The summed E-state index contributed by atoms with van der Waals surface area (Å²) in [4.78, 5) is 46.0. The molecule has 1 unspecified atom stereocenters. The molecule has 0 spiro atoms. The summed E-state index contributed by atoms with van der Waals surface area (Å²) in [6.07, 6.45) is 0.875. The molecule has 0 radical (unpaired) electrons. The Morgan fingerprint density at radius 1 is 0.862 bits per heavy atom. The molecule has 12 nitrogen and oxygen atoms in total. The molecule has 1 saturated heterocycles. The minimum absolute atomic E-state index is 0.0795. The number of esters is 1. The van der Waals surface area contributed by atoms with Crippen LogP contribution in [0.5, 0.6) is 11.5 Å². The van der Waals surface area contributed by atoms with Crippen LogP contribution in [0.15, 0.2) is 144 Å². The molecule has 6 N–H and O–H groups in total. The van der Waals surface area contributed by atoms with Crippen LogP contribution >= 0.6 is 11.3 Å². The third-order valence-electron chi connectivity index (χ3n) is 12.0. The lowest BCUT2D eigenvalue weighted by Gasteiger charge is -2.33. The predicted octanol–water partition coefficient (Wildman–Crippen LogP) is 7.42. The first-order chi connectivity index (χ1) is 31.6. The maximum atomic E-state index is 14.0. The largest absolute Gasteiger partial charge is 0.506 e. The van der Waals surface area contributed by atoms with Crippen LogP contribution in [0.3, 0.4) is 0 Å². The Labute approximate surface area is 381 Å². The van der Waals surface area contributed by atoms with Crippen LogP contribution in [0.4, 0.5) is 0 Å². The van der Waals surface area contributed by atoms with Gasteiger partial charge in [-0.2, -0.15) is 0 Å². The van der Waals surface area contributed by atoms with Crippen molar-refractivity contribution >= 4 is 34.1 Å². The van der Waals surface area contributed by atoms with E-state index in [4.69, 9.17) is 9.47 Å². The van der Waals surface area contributed by atoms with Crippen molar-refractivity contribution in [3.8, 4) is 21.9 Å². The summed E-state index contributed by atoms with van der Waals surface area (Å²) in [5.41, 5.74) is 2.56. The number of benzene rings is 5. The number of fused-ring (bicyclic) bond motifs is 1. The lowest BCUT2D eigenvalue weighted by atomic mass is 9.85. The zero-order valence-electron chi connectivity index (χ0n) is 36.0. The second-order valence-corrected chi connectivity index (χ2v) is 17.5. The minimum Gasteiger partial charge on any atom is -0.506 e. The first-order valence-electron chi connectivity index (χ1n) is 21.7. The fourth-order valence-corrected chi connectivity index (χ4v) is 9.31. The van der Waals surface area contributed by atoms with Crippen molar-refractivity contribution in [2.45, 2.75) is 44.2 Å². The first-order valence-corrected chi connectivity index (χ1v) is 22.5. The van der Waals surface area contributed by atoms with E-state index in [1.54, 1.807) is 60.7 Å². The molecule has 1 fully saturated rings. The molecule has 2 atom stereocenters. The van der Waals surface area contributed by atoms with Gasteiger partial charge in [-0.1, -0.05) is 91.0 Å². The number of likely N-dealkylation sites (tertiary alicyclic amines) is 1. The number of thiophene rings is 1. The van der Waals surface area contributed by atoms with Crippen LogP contribution in [0, 0.1) is 5.92 Å². The fourth-order valence-electron chi connectivity index (χ4n) is 8.36. The Kier molecular flexibility index (Phi) is 14.2. The number of aliphatic hydroxyl groups is 2. The summed E-state index contributed by atoms with van der Waals surface area (Å²) in [5, 5.41) is 40.3. The molecule has 0 saturated carbocycles. The van der Waals surface area contributed by atoms with Crippen LogP contribution < -0.4 is 20.9 Å². The van der Waals surface area contributed by atoms with Crippen molar-refractivity contribution in [3.05, 3.63) is 188 Å². The molecule has 334 valence electrons. The van der Waals surface area contributed by atoms with E-state index in [2.05, 4.69) is 44.8 Å². The van der Waals surface area contributed by atoms with Gasteiger partial charge in [0.05, 0.1) is 31.9 Å². The van der Waals surface area contributed by atoms with Gasteiger partial charge >= 0.3 is 5.97 Å². The van der Waals surface area contributed by atoms with Gasteiger partial charge in [0.1, 0.15) is 11.5 Å². The van der Waals surface area contributed by atoms with Gasteiger partial charge in [-0.25, -0.2) is 4.79 Å². The SMILES string of the molecule is COc1cc(C(=O)NCc2ccc(-c3cccc(C(O)(C(=O)OCC4CCN(Cc5ccccc5)CC4)c4ccccc4)c3)s2)ccc1CNC[C@H](O)c1ccc(O)c2[nH]c(=O)ccc12. The number of aromatic hydroxyl groups is 1. The van der Waals surface area contributed by atoms with Gasteiger partial charge in [0.15, 0.2) is 0 Å². The van der Waals surface area contributed by atoms with Crippen molar-refractivity contribution in [1.82, 2.24) is 20.5 Å². The molecule has 7 aromatic rings. The topological polar surface area (TPSA) is 173 Å². The molecule has 1 aliphatic heterocycles. The van der Waals surface area contributed by atoms with Gasteiger partial charge in [-0.05, 0) is 96.6 Å². The number of hydrogen-bond acceptors (Lipinski definition) is 11. The second-order valence-electron chi connectivity index (χ2n) is 16.4. The number of carbonyl (C=O) groups excluding carboxylic acids is 2. The van der Waals surface area contributed by atoms with Crippen molar-refractivity contribution in [2.24, 2.45) is 5.92 Å². The molecule has 2 aromatic heterocycles. The number of aromatic amines is 1. The highest BCUT2D eigenvalue weighted by Crippen LogP contribution is 2.36. The Morgan fingerprint density at radius 3 is 2.38 bits per heavy atom. The van der Waals surface area contributed by atoms with Crippen molar-refractivity contribution in [2.75, 3.05) is 33.4 Å². The number of piperidine rings is 1. The normalized spacial score (nSPS) is 14.7. The number of carbonyl (C=O) groups is 2. The van der Waals surface area contributed by atoms with Crippen molar-refractivity contribution in [3.63, 3.8) is 0 Å². The number of methoxy groups -OCH3 is 1. The van der Waals surface area contributed by atoms with Gasteiger partial charge in [0, 0.05) is 57.5 Å². The molecular formula is C52H52N4O8S. The molecule has 3 heterocycles. The number of H-pyrrole nitrogens is 1. The van der Waals surface area contributed by atoms with Crippen molar-refractivity contribution in [1.29, 1.82) is 0 Å². The molecule has 13 heteroatoms. The number of ether oxygens (including phenoxy) is 2. The molecule has 65 heavy (non-hydrogen) atoms. The predicted molar refractivity (Wildman–Crippen MR) is 252 cm³/mol. The number of aliphatic hydroxyl groups excluding tert-OH is 1. The Bertz CT molecular complexity index is 2810. The summed E-state index contributed by atoms with van der Waals surface area (Å²) in [7, 11) is 1.53. The molecule has 0 bridgehead atoms.